The van der Waals surface area contributed by atoms with Gasteiger partial charge in [-0.15, -0.1) is 0 Å². The molecule has 12 nitrogen and oxygen atoms in total. The molecular formula is C27H29N7O5. The fourth-order valence-electron chi connectivity index (χ4n) is 4.59. The zero-order valence-corrected chi connectivity index (χ0v) is 21.6. The first kappa shape index (κ1) is 25.8. The number of amides is 3. The van der Waals surface area contributed by atoms with Crippen molar-refractivity contribution in [2.24, 2.45) is 5.73 Å². The lowest BCUT2D eigenvalue weighted by Crippen LogP contribution is -2.33. The number of para-hydroxylation sites is 1. The van der Waals surface area contributed by atoms with E-state index in [2.05, 4.69) is 20.7 Å². The second-order valence-corrected chi connectivity index (χ2v) is 9.16. The van der Waals surface area contributed by atoms with E-state index >= 15 is 0 Å². The third-order valence-corrected chi connectivity index (χ3v) is 6.40. The molecule has 1 aliphatic heterocycles. The lowest BCUT2D eigenvalue weighted by Gasteiger charge is -2.27. The van der Waals surface area contributed by atoms with Crippen molar-refractivity contribution in [3.8, 4) is 11.5 Å². The minimum atomic E-state index is -0.609. The van der Waals surface area contributed by atoms with Crippen LogP contribution in [0.3, 0.4) is 0 Å². The van der Waals surface area contributed by atoms with Crippen LogP contribution in [0.15, 0.2) is 48.5 Å². The maximum absolute atomic E-state index is 13.2. The van der Waals surface area contributed by atoms with Gasteiger partial charge < -0.3 is 25.1 Å². The number of anilines is 1. The number of hydrogen-bond donors (Lipinski definition) is 3. The van der Waals surface area contributed by atoms with Crippen molar-refractivity contribution >= 4 is 34.7 Å². The summed E-state index contributed by atoms with van der Waals surface area (Å²) in [6, 6.07) is 13.7. The summed E-state index contributed by atoms with van der Waals surface area (Å²) in [7, 11) is 0. The number of carbonyl (C=O) groups is 3. The number of benzene rings is 2. The molecule has 0 unspecified atom stereocenters. The molecule has 5 rings (SSSR count). The van der Waals surface area contributed by atoms with Gasteiger partial charge >= 0.3 is 0 Å². The molecule has 202 valence electrons. The Morgan fingerprint density at radius 1 is 1.18 bits per heavy atom. The number of carbonyl (C=O) groups excluding carboxylic acids is 3. The van der Waals surface area contributed by atoms with Crippen molar-refractivity contribution in [1.82, 2.24) is 24.6 Å². The number of ether oxygens (including phenoxy) is 2. The Morgan fingerprint density at radius 3 is 2.72 bits per heavy atom. The highest BCUT2D eigenvalue weighted by Crippen LogP contribution is 2.38. The van der Waals surface area contributed by atoms with Gasteiger partial charge in [-0.05, 0) is 50.6 Å². The van der Waals surface area contributed by atoms with Gasteiger partial charge in [0.15, 0.2) is 6.61 Å². The third-order valence-electron chi connectivity index (χ3n) is 6.40. The fraction of sp³-hybridized carbons (Fsp3) is 0.296. The maximum Gasteiger partial charge on any atom is 0.276 e. The van der Waals surface area contributed by atoms with Crippen molar-refractivity contribution in [3.05, 3.63) is 65.5 Å². The van der Waals surface area contributed by atoms with Crippen LogP contribution in [0.1, 0.15) is 45.9 Å². The molecular weight excluding hydrogens is 502 g/mol. The Bertz CT molecular complexity index is 1540. The van der Waals surface area contributed by atoms with Crippen LogP contribution in [-0.2, 0) is 11.3 Å². The van der Waals surface area contributed by atoms with Gasteiger partial charge in [0.25, 0.3) is 11.8 Å². The Balaban J connectivity index is 1.36. The van der Waals surface area contributed by atoms with Gasteiger partial charge in [-0.25, -0.2) is 4.98 Å². The average Bonchev–Trinajstić information content (AvgIpc) is 3.50. The predicted molar refractivity (Wildman–Crippen MR) is 143 cm³/mol. The molecule has 4 N–H and O–H groups in total. The van der Waals surface area contributed by atoms with E-state index in [4.69, 9.17) is 15.2 Å². The van der Waals surface area contributed by atoms with Crippen LogP contribution in [0.2, 0.25) is 0 Å². The Morgan fingerprint density at radius 2 is 1.97 bits per heavy atom. The van der Waals surface area contributed by atoms with Crippen LogP contribution in [-0.4, -0.2) is 56.8 Å². The number of aromatic nitrogens is 4. The SMILES string of the molecule is CCn1nc(C)cc1C(=O)Nc1nc2cc(C(N)=O)cc3c2n1[C@@H](CCNC(=O)COc1ccccc1)CO3. The fourth-order valence-corrected chi connectivity index (χ4v) is 4.59. The molecule has 0 radical (unpaired) electrons. The molecule has 39 heavy (non-hydrogen) atoms. The van der Waals surface area contributed by atoms with E-state index in [9.17, 15) is 14.4 Å². The summed E-state index contributed by atoms with van der Waals surface area (Å²) in [4.78, 5) is 42.1. The molecule has 1 atom stereocenters. The van der Waals surface area contributed by atoms with Crippen LogP contribution in [0.25, 0.3) is 11.0 Å². The van der Waals surface area contributed by atoms with Gasteiger partial charge in [-0.3, -0.25) is 24.4 Å². The van der Waals surface area contributed by atoms with Crippen molar-refractivity contribution < 1.29 is 23.9 Å². The van der Waals surface area contributed by atoms with Crippen LogP contribution < -0.4 is 25.8 Å². The summed E-state index contributed by atoms with van der Waals surface area (Å²) in [6.07, 6.45) is 0.494. The van der Waals surface area contributed by atoms with E-state index < -0.39 is 5.91 Å². The lowest BCUT2D eigenvalue weighted by molar-refractivity contribution is -0.123. The van der Waals surface area contributed by atoms with Crippen LogP contribution >= 0.6 is 0 Å². The zero-order valence-electron chi connectivity index (χ0n) is 21.6. The number of nitrogens with zero attached hydrogens (tertiary/aromatic N) is 4. The highest BCUT2D eigenvalue weighted by atomic mass is 16.5. The number of primary amides is 1. The van der Waals surface area contributed by atoms with Gasteiger partial charge in [-0.2, -0.15) is 5.10 Å². The predicted octanol–water partition coefficient (Wildman–Crippen LogP) is 2.43. The number of imidazole rings is 1. The van der Waals surface area contributed by atoms with Gasteiger partial charge in [-0.1, -0.05) is 18.2 Å². The molecule has 12 heteroatoms. The van der Waals surface area contributed by atoms with Crippen molar-refractivity contribution in [3.63, 3.8) is 0 Å². The molecule has 1 aliphatic rings. The molecule has 3 heterocycles. The Hall–Kier alpha value is -4.87. The second-order valence-electron chi connectivity index (χ2n) is 9.16. The third kappa shape index (κ3) is 5.40. The molecule has 2 aromatic heterocycles. The molecule has 0 spiro atoms. The maximum atomic E-state index is 13.2. The van der Waals surface area contributed by atoms with E-state index in [-0.39, 0.29) is 36.6 Å². The van der Waals surface area contributed by atoms with Gasteiger partial charge in [0.05, 0.1) is 17.3 Å². The minimum Gasteiger partial charge on any atom is -0.489 e. The molecule has 0 fully saturated rings. The number of hydrogen-bond acceptors (Lipinski definition) is 7. The number of nitrogens with one attached hydrogen (secondary N) is 2. The molecule has 0 aliphatic carbocycles. The van der Waals surface area contributed by atoms with E-state index in [1.165, 1.54) is 0 Å². The highest BCUT2D eigenvalue weighted by Gasteiger charge is 2.29. The van der Waals surface area contributed by atoms with Gasteiger partial charge in [0, 0.05) is 18.7 Å². The van der Waals surface area contributed by atoms with E-state index in [0.717, 1.165) is 5.69 Å². The summed E-state index contributed by atoms with van der Waals surface area (Å²) in [5.41, 5.74) is 7.98. The number of rotatable bonds is 10. The largest absolute Gasteiger partial charge is 0.489 e. The van der Waals surface area contributed by atoms with Crippen LogP contribution in [0.5, 0.6) is 11.5 Å². The Labute approximate surface area is 224 Å². The van der Waals surface area contributed by atoms with Crippen molar-refractivity contribution in [1.29, 1.82) is 0 Å². The number of nitrogens with two attached hydrogens (primary N) is 1. The van der Waals surface area contributed by atoms with Crippen LogP contribution in [0.4, 0.5) is 5.95 Å². The van der Waals surface area contributed by atoms with E-state index in [1.54, 1.807) is 35.0 Å². The van der Waals surface area contributed by atoms with Gasteiger partial charge in [0.2, 0.25) is 11.9 Å². The molecule has 0 saturated carbocycles. The van der Waals surface area contributed by atoms with Crippen LogP contribution in [0, 0.1) is 6.92 Å². The summed E-state index contributed by atoms with van der Waals surface area (Å²) in [5, 5.41) is 10.1. The first-order valence-electron chi connectivity index (χ1n) is 12.6. The summed E-state index contributed by atoms with van der Waals surface area (Å²) in [6.45, 7) is 4.73. The Kier molecular flexibility index (Phi) is 7.17. The first-order valence-corrected chi connectivity index (χ1v) is 12.6. The molecule has 0 saturated heterocycles. The van der Waals surface area contributed by atoms with Crippen molar-refractivity contribution in [2.75, 3.05) is 25.1 Å². The van der Waals surface area contributed by atoms with Crippen molar-refractivity contribution in [2.45, 2.75) is 32.9 Å². The molecule has 4 aromatic rings. The van der Waals surface area contributed by atoms with Gasteiger partial charge in [0.1, 0.15) is 29.3 Å². The standard InChI is InChI=1S/C27H29N7O5/c1-3-33-21(11-16(2)32-33)26(37)31-27-30-20-12-17(25(28)36)13-22-24(20)34(27)18(14-39-22)9-10-29-23(35)15-38-19-7-5-4-6-8-19/h4-8,11-13,18H,3,9-10,14-15H2,1-2H3,(H2,28,36)(H,29,35)(H,30,31,37)/t18-/m0/s1. The van der Waals surface area contributed by atoms with E-state index in [1.807, 2.05) is 36.6 Å². The number of aryl methyl sites for hydroxylation is 2. The smallest absolute Gasteiger partial charge is 0.276 e. The summed E-state index contributed by atoms with van der Waals surface area (Å²) in [5.74, 6) is 0.126. The normalized spacial score (nSPS) is 14.1. The first-order chi connectivity index (χ1) is 18.8. The molecule has 0 bridgehead atoms. The summed E-state index contributed by atoms with van der Waals surface area (Å²) >= 11 is 0. The topological polar surface area (TPSA) is 155 Å². The lowest BCUT2D eigenvalue weighted by atomic mass is 10.1. The average molecular weight is 532 g/mol. The summed E-state index contributed by atoms with van der Waals surface area (Å²) < 4.78 is 15.0. The van der Waals surface area contributed by atoms with E-state index in [0.29, 0.717) is 53.7 Å². The minimum absolute atomic E-state index is 0.106. The highest BCUT2D eigenvalue weighted by molar-refractivity contribution is 6.04. The molecule has 2 aromatic carbocycles. The zero-order chi connectivity index (χ0) is 27.5. The quantitative estimate of drug-likeness (QED) is 0.284. The second kappa shape index (κ2) is 10.9. The molecule has 3 amide bonds. The monoisotopic (exact) mass is 531 g/mol.